The Kier molecular flexibility index (Phi) is 4.66. The number of hydrogen-bond donors (Lipinski definition) is 3. The van der Waals surface area contributed by atoms with Gasteiger partial charge in [0.2, 0.25) is 0 Å². The third-order valence-electron chi connectivity index (χ3n) is 3.50. The average Bonchev–Trinajstić information content (AvgIpc) is 3.29. The summed E-state index contributed by atoms with van der Waals surface area (Å²) in [5, 5.41) is 12.7. The number of thiocarbonyl (C=S) groups is 1. The van der Waals surface area contributed by atoms with E-state index in [1.165, 1.54) is 41.8 Å². The molecule has 0 aliphatic carbocycles. The Balaban J connectivity index is 1.47. The number of thiazole rings is 1. The molecule has 1 aromatic carbocycles. The van der Waals surface area contributed by atoms with Crippen LogP contribution in [0.2, 0.25) is 0 Å². The van der Waals surface area contributed by atoms with Crippen LogP contribution < -0.4 is 15.8 Å². The zero-order valence-corrected chi connectivity index (χ0v) is 16.3. The first-order valence-electron chi connectivity index (χ1n) is 7.66. The molecule has 28 heavy (non-hydrogen) atoms. The van der Waals surface area contributed by atoms with E-state index in [0.29, 0.717) is 21.6 Å². The van der Waals surface area contributed by atoms with Gasteiger partial charge in [0, 0.05) is 11.6 Å². The summed E-state index contributed by atoms with van der Waals surface area (Å²) in [5.41, 5.74) is 6.02. The Morgan fingerprint density at radius 3 is 2.71 bits per heavy atom. The van der Waals surface area contributed by atoms with E-state index in [2.05, 4.69) is 40.2 Å². The molecule has 0 amide bonds. The van der Waals surface area contributed by atoms with E-state index in [0.717, 1.165) is 0 Å². The molecule has 0 bridgehead atoms. The largest absolute Gasteiger partial charge is 0.369 e. The summed E-state index contributed by atoms with van der Waals surface area (Å²) >= 11 is 6.29. The van der Waals surface area contributed by atoms with E-state index in [4.69, 9.17) is 18.0 Å². The molecule has 2 aromatic rings. The number of nitrogens with two attached hydrogens (primary N) is 1. The Morgan fingerprint density at radius 1 is 1.21 bits per heavy atom. The number of sulfonamides is 1. The van der Waals surface area contributed by atoms with Gasteiger partial charge in [-0.25, -0.2) is 23.4 Å². The van der Waals surface area contributed by atoms with E-state index < -0.39 is 16.1 Å². The maximum absolute atomic E-state index is 12.3. The second-order valence-electron chi connectivity index (χ2n) is 5.43. The topological polar surface area (TPSA) is 159 Å². The van der Waals surface area contributed by atoms with Crippen molar-refractivity contribution in [2.45, 2.75) is 10.9 Å². The van der Waals surface area contributed by atoms with Gasteiger partial charge in [0.25, 0.3) is 16.0 Å². The van der Waals surface area contributed by atoms with Gasteiger partial charge in [-0.1, -0.05) is 12.2 Å². The van der Waals surface area contributed by atoms with Gasteiger partial charge in [-0.15, -0.1) is 21.6 Å². The lowest BCUT2D eigenvalue weighted by atomic mass is 10.2. The normalized spacial score (nSPS) is 18.9. The van der Waals surface area contributed by atoms with Crippen LogP contribution in [0.25, 0.3) is 0 Å². The molecule has 0 saturated heterocycles. The molecule has 0 fully saturated rings. The van der Waals surface area contributed by atoms with Crippen LogP contribution in [0.15, 0.2) is 65.9 Å². The zero-order valence-electron chi connectivity index (χ0n) is 13.8. The summed E-state index contributed by atoms with van der Waals surface area (Å²) in [7, 11) is -3.72. The van der Waals surface area contributed by atoms with E-state index >= 15 is 0 Å². The molecular weight excluding hydrogens is 422 g/mol. The molecule has 0 saturated carbocycles. The van der Waals surface area contributed by atoms with Crippen molar-refractivity contribution in [1.29, 1.82) is 0 Å². The SMILES string of the molecule is NC1=NC(=S)C2N=C(N=Nc3ccc(S(=O)(=O)Nc4nccs4)cc3)N=C2N1. The predicted molar refractivity (Wildman–Crippen MR) is 110 cm³/mol. The molecule has 4 rings (SSSR count). The van der Waals surface area contributed by atoms with Gasteiger partial charge in [0.1, 0.15) is 10.8 Å². The number of benzene rings is 1. The number of aliphatic imine (C=N–C) groups is 3. The van der Waals surface area contributed by atoms with Crippen molar-refractivity contribution < 1.29 is 8.42 Å². The molecule has 4 N–H and O–H groups in total. The predicted octanol–water partition coefficient (Wildman–Crippen LogP) is 1.41. The summed E-state index contributed by atoms with van der Waals surface area (Å²) in [4.78, 5) is 16.6. The number of nitrogens with one attached hydrogen (secondary N) is 2. The highest BCUT2D eigenvalue weighted by Gasteiger charge is 2.30. The number of aromatic nitrogens is 1. The second kappa shape index (κ2) is 7.14. The van der Waals surface area contributed by atoms with E-state index in [9.17, 15) is 8.42 Å². The van der Waals surface area contributed by atoms with E-state index in [1.54, 1.807) is 5.38 Å². The first-order chi connectivity index (χ1) is 13.4. The van der Waals surface area contributed by atoms with Crippen molar-refractivity contribution in [3.8, 4) is 0 Å². The molecule has 0 radical (unpaired) electrons. The molecule has 1 unspecified atom stereocenters. The molecule has 11 nitrogen and oxygen atoms in total. The van der Waals surface area contributed by atoms with Crippen LogP contribution in [0.1, 0.15) is 0 Å². The Bertz CT molecular complexity index is 1150. The highest BCUT2D eigenvalue weighted by Crippen LogP contribution is 2.21. The Hall–Kier alpha value is -3.10. The number of rotatable bonds is 4. The number of hydrogen-bond acceptors (Lipinski definition) is 11. The first-order valence-corrected chi connectivity index (χ1v) is 10.4. The molecule has 142 valence electrons. The third kappa shape index (κ3) is 3.78. The standard InChI is InChI=1S/C14H11N9O2S3/c15-12-18-10-9(11(26)20-12)17-13(19-10)22-21-7-1-3-8(4-2-7)28(24,25)23-14-16-5-6-27-14/h1-6,9H,(H,16,23)(H3,15,17,18,19,20,26). The lowest BCUT2D eigenvalue weighted by Gasteiger charge is -2.16. The van der Waals surface area contributed by atoms with Crippen LogP contribution >= 0.6 is 23.6 Å². The molecule has 0 spiro atoms. The summed E-state index contributed by atoms with van der Waals surface area (Å²) in [6, 6.07) is 5.33. The van der Waals surface area contributed by atoms with Crippen molar-refractivity contribution in [3.05, 3.63) is 35.8 Å². The number of azo groups is 1. The number of fused-ring (bicyclic) bond motifs is 1. The minimum atomic E-state index is -3.72. The molecule has 2 aliphatic heterocycles. The van der Waals surface area contributed by atoms with Gasteiger partial charge >= 0.3 is 0 Å². The molecule has 14 heteroatoms. The van der Waals surface area contributed by atoms with Crippen LogP contribution in [0.4, 0.5) is 10.8 Å². The monoisotopic (exact) mass is 433 g/mol. The minimum absolute atomic E-state index is 0.0771. The number of nitrogens with zero attached hydrogens (tertiary/aromatic N) is 6. The Morgan fingerprint density at radius 2 is 2.00 bits per heavy atom. The zero-order chi connectivity index (χ0) is 19.7. The molecule has 1 atom stereocenters. The van der Waals surface area contributed by atoms with Crippen LogP contribution in [0.5, 0.6) is 0 Å². The fourth-order valence-corrected chi connectivity index (χ4v) is 4.32. The van der Waals surface area contributed by atoms with Crippen molar-refractivity contribution in [3.63, 3.8) is 0 Å². The van der Waals surface area contributed by atoms with Gasteiger partial charge < -0.3 is 11.1 Å². The highest BCUT2D eigenvalue weighted by atomic mass is 32.2. The number of guanidine groups is 2. The van der Waals surface area contributed by atoms with Gasteiger partial charge in [-0.2, -0.15) is 4.99 Å². The lowest BCUT2D eigenvalue weighted by Crippen LogP contribution is -2.48. The maximum Gasteiger partial charge on any atom is 0.267 e. The Labute approximate surface area is 168 Å². The lowest BCUT2D eigenvalue weighted by molar-refractivity contribution is 0.601. The van der Waals surface area contributed by atoms with Gasteiger partial charge in [-0.3, -0.25) is 4.72 Å². The van der Waals surface area contributed by atoms with Gasteiger partial charge in [0.05, 0.1) is 10.6 Å². The smallest absolute Gasteiger partial charge is 0.267 e. The van der Waals surface area contributed by atoms with Crippen molar-refractivity contribution in [1.82, 2.24) is 10.3 Å². The maximum atomic E-state index is 12.3. The summed E-state index contributed by atoms with van der Waals surface area (Å²) in [5.74, 6) is 0.708. The summed E-state index contributed by atoms with van der Waals surface area (Å²) in [6.45, 7) is 0. The first kappa shape index (κ1) is 18.3. The second-order valence-corrected chi connectivity index (χ2v) is 8.42. The third-order valence-corrected chi connectivity index (χ3v) is 5.99. The van der Waals surface area contributed by atoms with Crippen LogP contribution in [0.3, 0.4) is 0 Å². The molecular formula is C14H11N9O2S3. The van der Waals surface area contributed by atoms with Gasteiger partial charge in [0.15, 0.2) is 17.1 Å². The van der Waals surface area contributed by atoms with Gasteiger partial charge in [-0.05, 0) is 24.3 Å². The van der Waals surface area contributed by atoms with E-state index in [1.807, 2.05) is 0 Å². The van der Waals surface area contributed by atoms with Crippen LogP contribution in [-0.2, 0) is 10.0 Å². The fraction of sp³-hybridized carbons (Fsp3) is 0.0714. The summed E-state index contributed by atoms with van der Waals surface area (Å²) in [6.07, 6.45) is 1.51. The highest BCUT2D eigenvalue weighted by molar-refractivity contribution is 7.93. The fourth-order valence-electron chi connectivity index (χ4n) is 2.27. The molecule has 3 heterocycles. The number of anilines is 1. The summed E-state index contributed by atoms with van der Waals surface area (Å²) < 4.78 is 27.0. The van der Waals surface area contributed by atoms with Crippen LogP contribution in [-0.4, -0.2) is 42.2 Å². The van der Waals surface area contributed by atoms with Crippen LogP contribution in [0, 0.1) is 0 Å². The van der Waals surface area contributed by atoms with Crippen molar-refractivity contribution in [2.75, 3.05) is 4.72 Å². The minimum Gasteiger partial charge on any atom is -0.369 e. The van der Waals surface area contributed by atoms with E-state index in [-0.39, 0.29) is 16.8 Å². The number of amidine groups is 1. The van der Waals surface area contributed by atoms with Crippen molar-refractivity contribution >= 4 is 67.1 Å². The quantitative estimate of drug-likeness (QED) is 0.488. The molecule has 1 aromatic heterocycles. The molecule has 2 aliphatic rings. The van der Waals surface area contributed by atoms with Crippen molar-refractivity contribution in [2.24, 2.45) is 30.9 Å². The average molecular weight is 434 g/mol.